The first-order valence-corrected chi connectivity index (χ1v) is 4.44. The van der Waals surface area contributed by atoms with Gasteiger partial charge in [-0.1, -0.05) is 12.6 Å². The van der Waals surface area contributed by atoms with Gasteiger partial charge in [0.1, 0.15) is 6.10 Å². The summed E-state index contributed by atoms with van der Waals surface area (Å²) in [5.41, 5.74) is 1.21. The van der Waals surface area contributed by atoms with Crippen molar-refractivity contribution in [2.75, 3.05) is 7.11 Å². The molecule has 0 spiro atoms. The van der Waals surface area contributed by atoms with Crippen LogP contribution in [0.3, 0.4) is 0 Å². The first-order valence-electron chi connectivity index (χ1n) is 4.44. The molecule has 1 aromatic rings. The molecule has 0 radical (unpaired) electrons. The van der Waals surface area contributed by atoms with Crippen molar-refractivity contribution in [2.45, 2.75) is 13.0 Å². The third-order valence-corrected chi connectivity index (χ3v) is 2.09. The fourth-order valence-corrected chi connectivity index (χ4v) is 1.19. The van der Waals surface area contributed by atoms with Crippen molar-refractivity contribution in [1.82, 2.24) is 4.98 Å². The molecule has 1 unspecified atom stereocenters. The first kappa shape index (κ1) is 11.4. The van der Waals surface area contributed by atoms with Crippen LogP contribution in [0.25, 0.3) is 0 Å². The molecular weight excluding hydrogens is 194 g/mol. The molecular formula is C11H13NO3. The van der Waals surface area contributed by atoms with Crippen LogP contribution in [-0.2, 0) is 9.53 Å². The summed E-state index contributed by atoms with van der Waals surface area (Å²) < 4.78 is 4.47. The fourth-order valence-electron chi connectivity index (χ4n) is 1.19. The molecule has 0 aliphatic carbocycles. The summed E-state index contributed by atoms with van der Waals surface area (Å²) in [6.45, 7) is 5.28. The fraction of sp³-hybridized carbons (Fsp3) is 0.273. The van der Waals surface area contributed by atoms with E-state index >= 15 is 0 Å². The molecule has 1 atom stereocenters. The van der Waals surface area contributed by atoms with Gasteiger partial charge in [-0.3, -0.25) is 4.98 Å². The minimum atomic E-state index is -1.11. The van der Waals surface area contributed by atoms with E-state index in [0.29, 0.717) is 5.69 Å². The van der Waals surface area contributed by atoms with E-state index in [0.717, 1.165) is 5.56 Å². The van der Waals surface area contributed by atoms with Gasteiger partial charge in [0.2, 0.25) is 0 Å². The maximum absolute atomic E-state index is 11.1. The molecule has 15 heavy (non-hydrogen) atoms. The monoisotopic (exact) mass is 207 g/mol. The van der Waals surface area contributed by atoms with Gasteiger partial charge >= 0.3 is 5.97 Å². The number of aromatic nitrogens is 1. The van der Waals surface area contributed by atoms with E-state index < -0.39 is 12.1 Å². The number of pyridine rings is 1. The third-order valence-electron chi connectivity index (χ3n) is 2.09. The highest BCUT2D eigenvalue weighted by molar-refractivity contribution is 5.88. The number of ether oxygens (including phenoxy) is 1. The Morgan fingerprint density at radius 2 is 2.33 bits per heavy atom. The van der Waals surface area contributed by atoms with Crippen LogP contribution < -0.4 is 0 Å². The van der Waals surface area contributed by atoms with Crippen molar-refractivity contribution in [1.29, 1.82) is 0 Å². The summed E-state index contributed by atoms with van der Waals surface area (Å²) >= 11 is 0. The second kappa shape index (κ2) is 4.70. The van der Waals surface area contributed by atoms with Crippen LogP contribution in [0.2, 0.25) is 0 Å². The Balaban J connectivity index is 2.95. The maximum atomic E-state index is 11.1. The topological polar surface area (TPSA) is 59.4 Å². The number of carbonyl (C=O) groups is 1. The molecule has 1 N–H and O–H groups in total. The molecule has 4 nitrogen and oxygen atoms in total. The number of carbonyl (C=O) groups excluding carboxylic acids is 1. The quantitative estimate of drug-likeness (QED) is 0.596. The lowest BCUT2D eigenvalue weighted by molar-refractivity contribution is -0.137. The number of hydrogen-bond acceptors (Lipinski definition) is 4. The van der Waals surface area contributed by atoms with E-state index in [2.05, 4.69) is 16.3 Å². The summed E-state index contributed by atoms with van der Waals surface area (Å²) in [6.07, 6.45) is 0.439. The highest BCUT2D eigenvalue weighted by atomic mass is 16.5. The molecule has 1 rings (SSSR count). The number of rotatable bonds is 3. The Kier molecular flexibility index (Phi) is 3.57. The summed E-state index contributed by atoms with van der Waals surface area (Å²) in [5, 5.41) is 9.81. The third kappa shape index (κ3) is 2.41. The molecule has 0 saturated carbocycles. The first-order chi connectivity index (χ1) is 7.07. The van der Waals surface area contributed by atoms with Crippen molar-refractivity contribution < 1.29 is 14.6 Å². The van der Waals surface area contributed by atoms with E-state index in [1.165, 1.54) is 7.11 Å². The van der Waals surface area contributed by atoms with Crippen LogP contribution in [0.5, 0.6) is 0 Å². The molecule has 4 heteroatoms. The van der Waals surface area contributed by atoms with Crippen LogP contribution in [0.15, 0.2) is 30.5 Å². The number of hydrogen-bond donors (Lipinski definition) is 1. The Hall–Kier alpha value is -1.68. The largest absolute Gasteiger partial charge is 0.466 e. The van der Waals surface area contributed by atoms with Gasteiger partial charge in [0.15, 0.2) is 0 Å². The molecule has 80 valence electrons. The molecule has 1 aromatic heterocycles. The minimum absolute atomic E-state index is 0.0145. The number of nitrogens with zero attached hydrogens (tertiary/aromatic N) is 1. The van der Waals surface area contributed by atoms with Gasteiger partial charge in [-0.15, -0.1) is 0 Å². The van der Waals surface area contributed by atoms with E-state index in [1.807, 2.05) is 0 Å². The van der Waals surface area contributed by atoms with Crippen LogP contribution in [0.1, 0.15) is 17.4 Å². The maximum Gasteiger partial charge on any atom is 0.336 e. The van der Waals surface area contributed by atoms with Crippen LogP contribution in [0.4, 0.5) is 0 Å². The second-order valence-electron chi connectivity index (χ2n) is 3.12. The smallest absolute Gasteiger partial charge is 0.336 e. The normalized spacial score (nSPS) is 11.9. The molecule has 0 saturated heterocycles. The van der Waals surface area contributed by atoms with Crippen LogP contribution >= 0.6 is 0 Å². The SMILES string of the molecule is C=C(C(=O)OC)C(O)c1ncccc1C. The Labute approximate surface area is 88.2 Å². The predicted molar refractivity (Wildman–Crippen MR) is 55.1 cm³/mol. The van der Waals surface area contributed by atoms with Crippen molar-refractivity contribution in [3.8, 4) is 0 Å². The molecule has 1 heterocycles. The lowest BCUT2D eigenvalue weighted by Crippen LogP contribution is -2.14. The van der Waals surface area contributed by atoms with E-state index in [-0.39, 0.29) is 5.57 Å². The summed E-state index contributed by atoms with van der Waals surface area (Å²) in [4.78, 5) is 15.1. The second-order valence-corrected chi connectivity index (χ2v) is 3.12. The van der Waals surface area contributed by atoms with Gasteiger partial charge in [0.25, 0.3) is 0 Å². The number of aliphatic hydroxyl groups excluding tert-OH is 1. The van der Waals surface area contributed by atoms with Gasteiger partial charge in [0, 0.05) is 6.20 Å². The van der Waals surface area contributed by atoms with Gasteiger partial charge in [-0.2, -0.15) is 0 Å². The number of aliphatic hydroxyl groups is 1. The zero-order chi connectivity index (χ0) is 11.4. The average molecular weight is 207 g/mol. The highest BCUT2D eigenvalue weighted by Gasteiger charge is 2.21. The molecule has 0 amide bonds. The average Bonchev–Trinajstić information content (AvgIpc) is 2.26. The standard InChI is InChI=1S/C11H13NO3/c1-7-5-4-6-12-9(7)10(13)8(2)11(14)15-3/h4-6,10,13H,2H2,1,3H3. The lowest BCUT2D eigenvalue weighted by atomic mass is 10.0. The number of methoxy groups -OCH3 is 1. The zero-order valence-corrected chi connectivity index (χ0v) is 8.73. The molecule has 0 bridgehead atoms. The van der Waals surface area contributed by atoms with Crippen LogP contribution in [0, 0.1) is 6.92 Å². The molecule has 0 aliphatic heterocycles. The summed E-state index contributed by atoms with van der Waals surface area (Å²) in [6, 6.07) is 3.56. The van der Waals surface area contributed by atoms with Gasteiger partial charge in [-0.05, 0) is 18.6 Å². The Morgan fingerprint density at radius 3 is 2.87 bits per heavy atom. The van der Waals surface area contributed by atoms with Crippen molar-refractivity contribution in [2.24, 2.45) is 0 Å². The summed E-state index contributed by atoms with van der Waals surface area (Å²) in [7, 11) is 1.24. The Morgan fingerprint density at radius 1 is 1.67 bits per heavy atom. The van der Waals surface area contributed by atoms with Gasteiger partial charge < -0.3 is 9.84 Å². The zero-order valence-electron chi connectivity index (χ0n) is 8.73. The molecule has 0 fully saturated rings. The van der Waals surface area contributed by atoms with Crippen molar-refractivity contribution >= 4 is 5.97 Å². The molecule has 0 aromatic carbocycles. The van der Waals surface area contributed by atoms with E-state index in [4.69, 9.17) is 0 Å². The highest BCUT2D eigenvalue weighted by Crippen LogP contribution is 2.21. The van der Waals surface area contributed by atoms with Crippen molar-refractivity contribution in [3.05, 3.63) is 41.7 Å². The van der Waals surface area contributed by atoms with Crippen LogP contribution in [-0.4, -0.2) is 23.2 Å². The van der Waals surface area contributed by atoms with E-state index in [9.17, 15) is 9.90 Å². The Bertz CT molecular complexity index is 387. The molecule has 0 aliphatic rings. The van der Waals surface area contributed by atoms with Crippen molar-refractivity contribution in [3.63, 3.8) is 0 Å². The predicted octanol–water partition coefficient (Wildman–Crippen LogP) is 1.15. The lowest BCUT2D eigenvalue weighted by Gasteiger charge is -2.13. The minimum Gasteiger partial charge on any atom is -0.466 e. The summed E-state index contributed by atoms with van der Waals surface area (Å²) in [5.74, 6) is -0.632. The van der Waals surface area contributed by atoms with E-state index in [1.54, 1.807) is 25.3 Å². The van der Waals surface area contributed by atoms with Gasteiger partial charge in [-0.25, -0.2) is 4.79 Å². The van der Waals surface area contributed by atoms with Gasteiger partial charge in [0.05, 0.1) is 18.4 Å². The number of aryl methyl sites for hydroxylation is 1. The number of esters is 1.